The van der Waals surface area contributed by atoms with Gasteiger partial charge < -0.3 is 10.3 Å². The van der Waals surface area contributed by atoms with Crippen LogP contribution in [0.25, 0.3) is 0 Å². The van der Waals surface area contributed by atoms with Gasteiger partial charge in [0.25, 0.3) is 0 Å². The first-order valence-corrected chi connectivity index (χ1v) is 6.56. The van der Waals surface area contributed by atoms with Crippen LogP contribution in [-0.2, 0) is 6.54 Å². The molecule has 4 heteroatoms. The quantitative estimate of drug-likeness (QED) is 0.857. The highest BCUT2D eigenvalue weighted by Gasteiger charge is 2.38. The molecule has 2 N–H and O–H groups in total. The van der Waals surface area contributed by atoms with Gasteiger partial charge in [-0.1, -0.05) is 0 Å². The molecule has 0 spiro atoms. The molecule has 1 aromatic heterocycles. The highest BCUT2D eigenvalue weighted by molar-refractivity contribution is 8.00. The lowest BCUT2D eigenvalue weighted by Crippen LogP contribution is -2.35. The normalized spacial score (nSPS) is 28.2. The summed E-state index contributed by atoms with van der Waals surface area (Å²) in [6.45, 7) is 5.34. The first-order chi connectivity index (χ1) is 7.17. The van der Waals surface area contributed by atoms with E-state index in [1.165, 1.54) is 18.6 Å². The molecule has 1 fully saturated rings. The Morgan fingerprint density at radius 3 is 3.13 bits per heavy atom. The van der Waals surface area contributed by atoms with Gasteiger partial charge in [0.2, 0.25) is 0 Å². The van der Waals surface area contributed by atoms with E-state index < -0.39 is 0 Å². The van der Waals surface area contributed by atoms with Crippen molar-refractivity contribution in [1.82, 2.24) is 9.55 Å². The molecule has 1 saturated heterocycles. The van der Waals surface area contributed by atoms with Crippen molar-refractivity contribution in [2.45, 2.75) is 44.0 Å². The maximum Gasteiger partial charge on any atom is 0.127 e. The van der Waals surface area contributed by atoms with Gasteiger partial charge in [0.15, 0.2) is 0 Å². The number of nitrogens with zero attached hydrogens (tertiary/aromatic N) is 2. The van der Waals surface area contributed by atoms with Crippen LogP contribution in [0.5, 0.6) is 0 Å². The third-order valence-electron chi connectivity index (χ3n) is 3.27. The van der Waals surface area contributed by atoms with Crippen LogP contribution in [-0.4, -0.2) is 20.1 Å². The lowest BCUT2D eigenvalue weighted by Gasteiger charge is -2.29. The summed E-state index contributed by atoms with van der Waals surface area (Å²) in [6.07, 6.45) is 6.34. The lowest BCUT2D eigenvalue weighted by molar-refractivity contribution is 0.464. The fourth-order valence-electron chi connectivity index (χ4n) is 2.19. The molecule has 0 radical (unpaired) electrons. The van der Waals surface area contributed by atoms with Crippen LogP contribution in [0.2, 0.25) is 0 Å². The van der Waals surface area contributed by atoms with Crippen molar-refractivity contribution in [2.24, 2.45) is 5.73 Å². The van der Waals surface area contributed by atoms with Crippen LogP contribution < -0.4 is 5.73 Å². The van der Waals surface area contributed by atoms with Gasteiger partial charge in [-0.15, -0.1) is 0 Å². The molecule has 0 bridgehead atoms. The van der Waals surface area contributed by atoms with E-state index in [4.69, 9.17) is 5.73 Å². The topological polar surface area (TPSA) is 43.8 Å². The fraction of sp³-hybridized carbons (Fsp3) is 0.727. The van der Waals surface area contributed by atoms with Crippen LogP contribution in [0, 0.1) is 0 Å². The third-order valence-corrected chi connectivity index (χ3v) is 4.88. The Bertz CT molecular complexity index is 328. The molecule has 2 atom stereocenters. The summed E-state index contributed by atoms with van der Waals surface area (Å²) in [5.41, 5.74) is 6.35. The number of hydrogen-bond donors (Lipinski definition) is 1. The Balaban J connectivity index is 2.23. The van der Waals surface area contributed by atoms with Crippen molar-refractivity contribution in [2.75, 3.05) is 5.75 Å². The maximum absolute atomic E-state index is 6.35. The summed E-state index contributed by atoms with van der Waals surface area (Å²) in [7, 11) is 0. The minimum Gasteiger partial charge on any atom is -0.334 e. The molecule has 0 aliphatic carbocycles. The van der Waals surface area contributed by atoms with Crippen molar-refractivity contribution in [3.8, 4) is 0 Å². The zero-order valence-electron chi connectivity index (χ0n) is 9.44. The van der Waals surface area contributed by atoms with E-state index in [1.54, 1.807) is 0 Å². The fourth-order valence-corrected chi connectivity index (χ4v) is 3.51. The number of aromatic nitrogens is 2. The largest absolute Gasteiger partial charge is 0.334 e. The number of imidazole rings is 1. The number of nitrogens with two attached hydrogens (primary N) is 1. The molecule has 15 heavy (non-hydrogen) atoms. The van der Waals surface area contributed by atoms with Crippen molar-refractivity contribution in [3.63, 3.8) is 0 Å². The first kappa shape index (κ1) is 11.0. The molecule has 0 amide bonds. The predicted molar refractivity (Wildman–Crippen MR) is 64.9 cm³/mol. The van der Waals surface area contributed by atoms with Crippen LogP contribution >= 0.6 is 11.8 Å². The Kier molecular flexibility index (Phi) is 3.07. The van der Waals surface area contributed by atoms with E-state index in [1.807, 2.05) is 24.2 Å². The average Bonchev–Trinajstić information content (AvgIpc) is 2.85. The van der Waals surface area contributed by atoms with Gasteiger partial charge in [-0.25, -0.2) is 4.98 Å². The van der Waals surface area contributed by atoms with Gasteiger partial charge in [0, 0.05) is 23.7 Å². The second kappa shape index (κ2) is 4.18. The van der Waals surface area contributed by atoms with Gasteiger partial charge in [-0.05, 0) is 32.4 Å². The molecular weight excluding hydrogens is 206 g/mol. The first-order valence-electron chi connectivity index (χ1n) is 5.58. The van der Waals surface area contributed by atoms with Gasteiger partial charge >= 0.3 is 0 Å². The van der Waals surface area contributed by atoms with Gasteiger partial charge in [0.05, 0.1) is 6.04 Å². The third kappa shape index (κ3) is 1.93. The molecule has 2 rings (SSSR count). The number of aryl methyl sites for hydroxylation is 1. The monoisotopic (exact) mass is 225 g/mol. The molecule has 2 unspecified atom stereocenters. The Morgan fingerprint density at radius 2 is 2.53 bits per heavy atom. The van der Waals surface area contributed by atoms with E-state index >= 15 is 0 Å². The highest BCUT2D eigenvalue weighted by Crippen LogP contribution is 2.44. The highest BCUT2D eigenvalue weighted by atomic mass is 32.2. The van der Waals surface area contributed by atoms with Crippen molar-refractivity contribution in [3.05, 3.63) is 18.2 Å². The molecule has 0 saturated carbocycles. The summed E-state index contributed by atoms with van der Waals surface area (Å²) in [6, 6.07) is 0.0555. The Hall–Kier alpha value is -0.480. The van der Waals surface area contributed by atoms with Crippen molar-refractivity contribution in [1.29, 1.82) is 0 Å². The zero-order chi connectivity index (χ0) is 10.9. The van der Waals surface area contributed by atoms with Crippen LogP contribution in [0.1, 0.15) is 38.6 Å². The van der Waals surface area contributed by atoms with E-state index in [9.17, 15) is 0 Å². The Labute approximate surface area is 95.4 Å². The second-order valence-corrected chi connectivity index (χ2v) is 5.94. The molecule has 0 aromatic carbocycles. The van der Waals surface area contributed by atoms with E-state index in [0.29, 0.717) is 0 Å². The minimum atomic E-state index is 0.0555. The number of rotatable bonds is 3. The number of thioether (sulfide) groups is 1. The summed E-state index contributed by atoms with van der Waals surface area (Å²) in [5.74, 6) is 2.27. The van der Waals surface area contributed by atoms with Gasteiger partial charge in [0.1, 0.15) is 5.82 Å². The average molecular weight is 225 g/mol. The van der Waals surface area contributed by atoms with Gasteiger partial charge in [-0.3, -0.25) is 0 Å². The molecule has 2 heterocycles. The maximum atomic E-state index is 6.35. The predicted octanol–water partition coefficient (Wildman–Crippen LogP) is 2.19. The smallest absolute Gasteiger partial charge is 0.127 e. The lowest BCUT2D eigenvalue weighted by atomic mass is 9.96. The van der Waals surface area contributed by atoms with E-state index in [0.717, 1.165) is 12.4 Å². The van der Waals surface area contributed by atoms with Gasteiger partial charge in [-0.2, -0.15) is 11.8 Å². The molecule has 1 aliphatic heterocycles. The standard InChI is InChI=1S/C11H19N3S/c1-3-14-7-6-13-10(14)9(12)11(2)5-4-8-15-11/h6-7,9H,3-5,8,12H2,1-2H3. The van der Waals surface area contributed by atoms with E-state index in [2.05, 4.69) is 23.4 Å². The SMILES string of the molecule is CCn1ccnc1C(N)C1(C)CCCS1. The summed E-state index contributed by atoms with van der Waals surface area (Å²) < 4.78 is 2.33. The number of hydrogen-bond acceptors (Lipinski definition) is 3. The Morgan fingerprint density at radius 1 is 1.73 bits per heavy atom. The summed E-state index contributed by atoms with van der Waals surface area (Å²) in [4.78, 5) is 4.40. The summed E-state index contributed by atoms with van der Waals surface area (Å²) >= 11 is 1.99. The summed E-state index contributed by atoms with van der Waals surface area (Å²) in [5, 5.41) is 0. The van der Waals surface area contributed by atoms with E-state index in [-0.39, 0.29) is 10.8 Å². The van der Waals surface area contributed by atoms with Crippen LogP contribution in [0.3, 0.4) is 0 Å². The van der Waals surface area contributed by atoms with Crippen molar-refractivity contribution >= 4 is 11.8 Å². The van der Waals surface area contributed by atoms with Crippen LogP contribution in [0.4, 0.5) is 0 Å². The molecule has 84 valence electrons. The van der Waals surface area contributed by atoms with Crippen molar-refractivity contribution < 1.29 is 0 Å². The molecule has 1 aliphatic rings. The minimum absolute atomic E-state index is 0.0555. The zero-order valence-corrected chi connectivity index (χ0v) is 10.3. The van der Waals surface area contributed by atoms with Crippen LogP contribution in [0.15, 0.2) is 12.4 Å². The molecule has 3 nitrogen and oxygen atoms in total. The second-order valence-electron chi connectivity index (χ2n) is 4.31. The molecule has 1 aromatic rings. The molecular formula is C11H19N3S.